The molecule has 1 fully saturated rings. The van der Waals surface area contributed by atoms with Crippen LogP contribution in [0.25, 0.3) is 0 Å². The Bertz CT molecular complexity index is 296. The van der Waals surface area contributed by atoms with Gasteiger partial charge in [-0.05, 0) is 45.6 Å². The fraction of sp³-hybridized carbons (Fsp3) is 0.692. The van der Waals surface area contributed by atoms with Crippen molar-refractivity contribution in [3.05, 3.63) is 23.4 Å². The predicted molar refractivity (Wildman–Crippen MR) is 60.9 cm³/mol. The third-order valence-electron chi connectivity index (χ3n) is 3.48. The number of fused-ring (bicyclic) bond motifs is 1. The first-order valence-corrected chi connectivity index (χ1v) is 5.64. The summed E-state index contributed by atoms with van der Waals surface area (Å²) in [4.78, 5) is 0. The largest absolute Gasteiger partial charge is 0.383 e. The average Bonchev–Trinajstić information content (AvgIpc) is 2.00. The number of hydrogen-bond acceptors (Lipinski definition) is 1. The van der Waals surface area contributed by atoms with Crippen molar-refractivity contribution in [2.24, 2.45) is 11.8 Å². The molecule has 78 valence electrons. The van der Waals surface area contributed by atoms with Gasteiger partial charge in [-0.2, -0.15) is 0 Å². The van der Waals surface area contributed by atoms with Crippen LogP contribution in [0.5, 0.6) is 0 Å². The molecule has 2 aliphatic rings. The maximum atomic E-state index is 3.68. The second-order valence-corrected chi connectivity index (χ2v) is 5.58. The second kappa shape index (κ2) is 3.15. The van der Waals surface area contributed by atoms with E-state index in [0.717, 1.165) is 11.8 Å². The standard InChI is InChI=1S/C13H21N/c1-9-5-6-11-10(2)8-13(3,4)14-12(11)7-9/h5,7,10-11,14H,6,8H2,1-4H3. The van der Waals surface area contributed by atoms with Gasteiger partial charge in [0, 0.05) is 17.2 Å². The predicted octanol–water partition coefficient (Wildman–Crippen LogP) is 3.24. The van der Waals surface area contributed by atoms with Crippen LogP contribution in [0.3, 0.4) is 0 Å². The van der Waals surface area contributed by atoms with Crippen LogP contribution in [0, 0.1) is 11.8 Å². The molecule has 1 heterocycles. The lowest BCUT2D eigenvalue weighted by atomic mass is 9.73. The lowest BCUT2D eigenvalue weighted by Gasteiger charge is -2.44. The van der Waals surface area contributed by atoms with Gasteiger partial charge in [-0.1, -0.05) is 18.6 Å². The molecule has 2 rings (SSSR count). The topological polar surface area (TPSA) is 12.0 Å². The minimum Gasteiger partial charge on any atom is -0.383 e. The first kappa shape index (κ1) is 9.82. The molecule has 0 bridgehead atoms. The molecule has 0 saturated carbocycles. The summed E-state index contributed by atoms with van der Waals surface area (Å²) in [5, 5.41) is 3.68. The van der Waals surface area contributed by atoms with Crippen LogP contribution in [0.2, 0.25) is 0 Å². The lowest BCUT2D eigenvalue weighted by Crippen LogP contribution is -2.48. The van der Waals surface area contributed by atoms with Gasteiger partial charge in [0.2, 0.25) is 0 Å². The molecule has 1 saturated heterocycles. The number of nitrogens with one attached hydrogen (secondary N) is 1. The highest BCUT2D eigenvalue weighted by Gasteiger charge is 2.35. The first-order chi connectivity index (χ1) is 6.48. The molecule has 1 aliphatic heterocycles. The number of piperidine rings is 1. The van der Waals surface area contributed by atoms with Gasteiger partial charge in [-0.15, -0.1) is 0 Å². The minimum absolute atomic E-state index is 0.277. The average molecular weight is 191 g/mol. The molecule has 0 aromatic heterocycles. The van der Waals surface area contributed by atoms with Crippen molar-refractivity contribution < 1.29 is 0 Å². The van der Waals surface area contributed by atoms with Crippen LogP contribution in [0.1, 0.15) is 40.5 Å². The van der Waals surface area contributed by atoms with Gasteiger partial charge in [-0.3, -0.25) is 0 Å². The summed E-state index contributed by atoms with van der Waals surface area (Å²) in [5.41, 5.74) is 3.15. The van der Waals surface area contributed by atoms with E-state index in [4.69, 9.17) is 0 Å². The third-order valence-corrected chi connectivity index (χ3v) is 3.48. The summed E-state index contributed by atoms with van der Waals surface area (Å²) < 4.78 is 0. The maximum absolute atomic E-state index is 3.68. The van der Waals surface area contributed by atoms with Crippen LogP contribution in [0.4, 0.5) is 0 Å². The van der Waals surface area contributed by atoms with Crippen molar-refractivity contribution in [3.63, 3.8) is 0 Å². The van der Waals surface area contributed by atoms with Gasteiger partial charge in [0.05, 0.1) is 0 Å². The van der Waals surface area contributed by atoms with E-state index in [1.54, 1.807) is 0 Å². The summed E-state index contributed by atoms with van der Waals surface area (Å²) >= 11 is 0. The van der Waals surface area contributed by atoms with Gasteiger partial charge >= 0.3 is 0 Å². The molecule has 1 aliphatic carbocycles. The molecule has 0 amide bonds. The SMILES string of the molecule is CC1=CCC2C(=C1)NC(C)(C)CC2C. The monoisotopic (exact) mass is 191 g/mol. The van der Waals surface area contributed by atoms with Crippen molar-refractivity contribution in [2.45, 2.75) is 46.1 Å². The van der Waals surface area contributed by atoms with Gasteiger partial charge in [0.25, 0.3) is 0 Å². The minimum atomic E-state index is 0.277. The molecule has 14 heavy (non-hydrogen) atoms. The van der Waals surface area contributed by atoms with Crippen LogP contribution < -0.4 is 5.32 Å². The van der Waals surface area contributed by atoms with Crippen molar-refractivity contribution in [1.82, 2.24) is 5.32 Å². The van der Waals surface area contributed by atoms with Crippen LogP contribution in [-0.2, 0) is 0 Å². The summed E-state index contributed by atoms with van der Waals surface area (Å²) in [5.74, 6) is 1.55. The molecule has 0 radical (unpaired) electrons. The molecular weight excluding hydrogens is 170 g/mol. The van der Waals surface area contributed by atoms with Gasteiger partial charge in [0.1, 0.15) is 0 Å². The zero-order valence-electron chi connectivity index (χ0n) is 9.72. The summed E-state index contributed by atoms with van der Waals surface area (Å²) in [6.07, 6.45) is 7.19. The highest BCUT2D eigenvalue weighted by Crippen LogP contribution is 2.38. The second-order valence-electron chi connectivity index (χ2n) is 5.58. The summed E-state index contributed by atoms with van der Waals surface area (Å²) in [7, 11) is 0. The fourth-order valence-corrected chi connectivity index (χ4v) is 2.91. The third kappa shape index (κ3) is 1.73. The zero-order valence-corrected chi connectivity index (χ0v) is 9.72. The molecule has 0 aromatic carbocycles. The van der Waals surface area contributed by atoms with Crippen molar-refractivity contribution in [1.29, 1.82) is 0 Å². The Morgan fingerprint density at radius 2 is 2.14 bits per heavy atom. The Morgan fingerprint density at radius 3 is 2.86 bits per heavy atom. The number of rotatable bonds is 0. The number of hydrogen-bond donors (Lipinski definition) is 1. The Hall–Kier alpha value is -0.720. The summed E-state index contributed by atoms with van der Waals surface area (Å²) in [6.45, 7) is 9.18. The van der Waals surface area contributed by atoms with E-state index in [9.17, 15) is 0 Å². The highest BCUT2D eigenvalue weighted by molar-refractivity contribution is 5.30. The molecule has 1 N–H and O–H groups in total. The highest BCUT2D eigenvalue weighted by atomic mass is 15.0. The van der Waals surface area contributed by atoms with E-state index in [0.29, 0.717) is 0 Å². The Balaban J connectivity index is 2.26. The smallest absolute Gasteiger partial charge is 0.0317 e. The molecule has 1 heteroatoms. The lowest BCUT2D eigenvalue weighted by molar-refractivity contribution is 0.212. The molecule has 2 unspecified atom stereocenters. The van der Waals surface area contributed by atoms with E-state index in [2.05, 4.69) is 45.2 Å². The van der Waals surface area contributed by atoms with Crippen LogP contribution in [0.15, 0.2) is 23.4 Å². The Kier molecular flexibility index (Phi) is 2.21. The molecule has 0 aromatic rings. The maximum Gasteiger partial charge on any atom is 0.0317 e. The van der Waals surface area contributed by atoms with E-state index in [-0.39, 0.29) is 5.54 Å². The van der Waals surface area contributed by atoms with E-state index >= 15 is 0 Å². The zero-order chi connectivity index (χ0) is 10.3. The number of allylic oxidation sites excluding steroid dienone is 4. The molecule has 2 atom stereocenters. The van der Waals surface area contributed by atoms with Crippen molar-refractivity contribution in [3.8, 4) is 0 Å². The molecule has 0 spiro atoms. The van der Waals surface area contributed by atoms with Crippen LogP contribution in [-0.4, -0.2) is 5.54 Å². The van der Waals surface area contributed by atoms with Crippen molar-refractivity contribution >= 4 is 0 Å². The van der Waals surface area contributed by atoms with Crippen molar-refractivity contribution in [2.75, 3.05) is 0 Å². The molecular formula is C13H21N. The molecule has 1 nitrogen and oxygen atoms in total. The van der Waals surface area contributed by atoms with Gasteiger partial charge in [0.15, 0.2) is 0 Å². The van der Waals surface area contributed by atoms with E-state index < -0.39 is 0 Å². The van der Waals surface area contributed by atoms with E-state index in [1.165, 1.54) is 24.1 Å². The first-order valence-electron chi connectivity index (χ1n) is 5.64. The van der Waals surface area contributed by atoms with Gasteiger partial charge < -0.3 is 5.32 Å². The van der Waals surface area contributed by atoms with E-state index in [1.807, 2.05) is 0 Å². The summed E-state index contributed by atoms with van der Waals surface area (Å²) in [6, 6.07) is 0. The quantitative estimate of drug-likeness (QED) is 0.620. The van der Waals surface area contributed by atoms with Gasteiger partial charge in [-0.25, -0.2) is 0 Å². The van der Waals surface area contributed by atoms with Crippen LogP contribution >= 0.6 is 0 Å². The Labute approximate surface area is 87.3 Å². The fourth-order valence-electron chi connectivity index (χ4n) is 2.91. The normalized spacial score (nSPS) is 35.1. The Morgan fingerprint density at radius 1 is 1.43 bits per heavy atom.